The van der Waals surface area contributed by atoms with E-state index in [0.29, 0.717) is 24.7 Å². The van der Waals surface area contributed by atoms with Crippen LogP contribution in [0.3, 0.4) is 0 Å². The van der Waals surface area contributed by atoms with Gasteiger partial charge in [0.15, 0.2) is 0 Å². The summed E-state index contributed by atoms with van der Waals surface area (Å²) in [6.07, 6.45) is 1.75. The van der Waals surface area contributed by atoms with E-state index in [1.165, 1.54) is 12.1 Å². The van der Waals surface area contributed by atoms with E-state index >= 15 is 0 Å². The van der Waals surface area contributed by atoms with E-state index in [1.807, 2.05) is 0 Å². The second-order valence-electron chi connectivity index (χ2n) is 5.20. The van der Waals surface area contributed by atoms with E-state index in [1.54, 1.807) is 0 Å². The topological polar surface area (TPSA) is 35.2 Å². The van der Waals surface area contributed by atoms with Crippen LogP contribution in [-0.4, -0.2) is 19.3 Å². The average Bonchev–Trinajstić information content (AvgIpc) is 2.19. The van der Waals surface area contributed by atoms with Crippen molar-refractivity contribution >= 4 is 0 Å². The highest BCUT2D eigenvalue weighted by atomic mass is 19.1. The van der Waals surface area contributed by atoms with Crippen molar-refractivity contribution in [3.8, 4) is 0 Å². The number of rotatable bonds is 2. The van der Waals surface area contributed by atoms with Crippen LogP contribution in [0.5, 0.6) is 0 Å². The van der Waals surface area contributed by atoms with Gasteiger partial charge in [0.2, 0.25) is 0 Å². The first-order chi connectivity index (χ1) is 8.12. The lowest BCUT2D eigenvalue weighted by Gasteiger charge is -2.53. The minimum Gasteiger partial charge on any atom is -0.379 e. The maximum Gasteiger partial charge on any atom is 0.127 e. The van der Waals surface area contributed by atoms with Crippen molar-refractivity contribution in [3.05, 3.63) is 35.4 Å². The van der Waals surface area contributed by atoms with Gasteiger partial charge in [-0.3, -0.25) is 0 Å². The molecule has 17 heavy (non-hydrogen) atoms. The quantitative estimate of drug-likeness (QED) is 0.856. The van der Waals surface area contributed by atoms with Gasteiger partial charge >= 0.3 is 0 Å². The highest BCUT2D eigenvalue weighted by Gasteiger charge is 2.52. The summed E-state index contributed by atoms with van der Waals surface area (Å²) in [5.74, 6) is -0.408. The molecule has 0 radical (unpaired) electrons. The smallest absolute Gasteiger partial charge is 0.127 e. The van der Waals surface area contributed by atoms with Gasteiger partial charge in [-0.15, -0.1) is 0 Å². The zero-order chi connectivity index (χ0) is 12.0. The Morgan fingerprint density at radius 3 is 2.47 bits per heavy atom. The van der Waals surface area contributed by atoms with Gasteiger partial charge in [-0.2, -0.15) is 0 Å². The molecule has 92 valence electrons. The minimum atomic E-state index is -0.392. The summed E-state index contributed by atoms with van der Waals surface area (Å²) in [7, 11) is 0. The fourth-order valence-corrected chi connectivity index (χ4v) is 2.93. The molecule has 3 rings (SSSR count). The first-order valence-electron chi connectivity index (χ1n) is 5.91. The molecule has 2 fully saturated rings. The Morgan fingerprint density at radius 2 is 1.94 bits per heavy atom. The zero-order valence-corrected chi connectivity index (χ0v) is 9.46. The molecule has 0 amide bonds. The molecular formula is C13H15F2NO. The summed E-state index contributed by atoms with van der Waals surface area (Å²) in [6, 6.07) is 3.86. The van der Waals surface area contributed by atoms with Crippen LogP contribution >= 0.6 is 0 Å². The highest BCUT2D eigenvalue weighted by Crippen LogP contribution is 2.48. The molecule has 0 bridgehead atoms. The second-order valence-corrected chi connectivity index (χ2v) is 5.20. The number of nitrogens with two attached hydrogens (primary N) is 1. The number of hydrogen-bond donors (Lipinski definition) is 1. The maximum absolute atomic E-state index is 13.9. The van der Waals surface area contributed by atoms with Gasteiger partial charge in [0.05, 0.1) is 13.2 Å². The van der Waals surface area contributed by atoms with Crippen LogP contribution in [0.15, 0.2) is 18.2 Å². The van der Waals surface area contributed by atoms with E-state index in [0.717, 1.165) is 18.9 Å². The van der Waals surface area contributed by atoms with Crippen molar-refractivity contribution in [3.63, 3.8) is 0 Å². The van der Waals surface area contributed by atoms with Gasteiger partial charge in [0, 0.05) is 17.0 Å². The molecule has 1 aromatic carbocycles. The van der Waals surface area contributed by atoms with E-state index in [-0.39, 0.29) is 17.3 Å². The van der Waals surface area contributed by atoms with Crippen LogP contribution in [0.1, 0.15) is 18.4 Å². The Labute approximate surface area is 98.8 Å². The predicted molar refractivity (Wildman–Crippen MR) is 59.6 cm³/mol. The molecule has 2 aliphatic rings. The molecule has 0 aromatic heterocycles. The van der Waals surface area contributed by atoms with Crippen LogP contribution in [0.4, 0.5) is 8.78 Å². The number of hydrogen-bond acceptors (Lipinski definition) is 2. The van der Waals surface area contributed by atoms with Crippen LogP contribution in [-0.2, 0) is 10.2 Å². The van der Waals surface area contributed by atoms with Crippen molar-refractivity contribution in [2.45, 2.75) is 24.3 Å². The molecule has 1 saturated heterocycles. The normalized spacial score (nSPS) is 30.5. The summed E-state index contributed by atoms with van der Waals surface area (Å²) in [5, 5.41) is 0. The molecule has 0 unspecified atom stereocenters. The van der Waals surface area contributed by atoms with Crippen molar-refractivity contribution in [1.82, 2.24) is 0 Å². The Morgan fingerprint density at radius 1 is 1.24 bits per heavy atom. The Kier molecular flexibility index (Phi) is 2.45. The number of benzene rings is 1. The molecule has 4 heteroatoms. The number of ether oxygens (including phenoxy) is 1. The molecule has 2 nitrogen and oxygen atoms in total. The molecule has 1 heterocycles. The lowest BCUT2D eigenvalue weighted by atomic mass is 9.59. The average molecular weight is 239 g/mol. The largest absolute Gasteiger partial charge is 0.379 e. The van der Waals surface area contributed by atoms with Gasteiger partial charge in [0.25, 0.3) is 0 Å². The van der Waals surface area contributed by atoms with Crippen LogP contribution in [0, 0.1) is 17.6 Å². The van der Waals surface area contributed by atoms with Crippen molar-refractivity contribution in [2.24, 2.45) is 11.7 Å². The predicted octanol–water partition coefficient (Wildman–Crippen LogP) is 1.97. The van der Waals surface area contributed by atoms with E-state index in [4.69, 9.17) is 10.5 Å². The van der Waals surface area contributed by atoms with Gasteiger partial charge in [0.1, 0.15) is 11.6 Å². The van der Waals surface area contributed by atoms with Crippen LogP contribution in [0.25, 0.3) is 0 Å². The monoisotopic (exact) mass is 239 g/mol. The molecule has 1 saturated carbocycles. The molecule has 1 aliphatic carbocycles. The Balaban J connectivity index is 1.97. The number of halogens is 2. The minimum absolute atomic E-state index is 0.203. The molecule has 0 spiro atoms. The molecule has 1 aliphatic heterocycles. The molecule has 0 atom stereocenters. The van der Waals surface area contributed by atoms with Gasteiger partial charge in [-0.1, -0.05) is 0 Å². The third kappa shape index (κ3) is 1.58. The zero-order valence-electron chi connectivity index (χ0n) is 9.46. The Bertz CT molecular complexity index is 439. The highest BCUT2D eigenvalue weighted by molar-refractivity contribution is 5.32. The van der Waals surface area contributed by atoms with E-state index in [9.17, 15) is 8.78 Å². The lowest BCUT2D eigenvalue weighted by Crippen LogP contribution is -2.59. The third-order valence-corrected chi connectivity index (χ3v) is 4.14. The van der Waals surface area contributed by atoms with Gasteiger partial charge < -0.3 is 10.5 Å². The van der Waals surface area contributed by atoms with Crippen molar-refractivity contribution in [2.75, 3.05) is 13.2 Å². The summed E-state index contributed by atoms with van der Waals surface area (Å²) in [6.45, 7) is 0.954. The first kappa shape index (κ1) is 11.1. The van der Waals surface area contributed by atoms with Gasteiger partial charge in [-0.05, 0) is 37.0 Å². The van der Waals surface area contributed by atoms with Gasteiger partial charge in [-0.25, -0.2) is 8.78 Å². The lowest BCUT2D eigenvalue weighted by molar-refractivity contribution is -0.112. The summed E-state index contributed by atoms with van der Waals surface area (Å²) >= 11 is 0. The SMILES string of the molecule is NC1CC(C2(c3cc(F)ccc3F)COC2)C1. The third-order valence-electron chi connectivity index (χ3n) is 4.14. The molecular weight excluding hydrogens is 224 g/mol. The molecule has 2 N–H and O–H groups in total. The fourth-order valence-electron chi connectivity index (χ4n) is 2.93. The standard InChI is InChI=1S/C13H15F2NO/c14-9-1-2-12(15)11(5-9)13(6-17-7-13)8-3-10(16)4-8/h1-2,5,8,10H,3-4,6-7,16H2. The van der Waals surface area contributed by atoms with Crippen molar-refractivity contribution < 1.29 is 13.5 Å². The first-order valence-corrected chi connectivity index (χ1v) is 5.91. The van der Waals surface area contributed by atoms with E-state index in [2.05, 4.69) is 0 Å². The maximum atomic E-state index is 13.9. The second kappa shape index (κ2) is 3.75. The summed E-state index contributed by atoms with van der Waals surface area (Å²) < 4.78 is 32.4. The fraction of sp³-hybridized carbons (Fsp3) is 0.538. The van der Waals surface area contributed by atoms with Crippen molar-refractivity contribution in [1.29, 1.82) is 0 Å². The van der Waals surface area contributed by atoms with Crippen LogP contribution in [0.2, 0.25) is 0 Å². The van der Waals surface area contributed by atoms with E-state index < -0.39 is 5.82 Å². The summed E-state index contributed by atoms with van der Waals surface area (Å²) in [4.78, 5) is 0. The van der Waals surface area contributed by atoms with Crippen LogP contribution < -0.4 is 5.73 Å². The summed E-state index contributed by atoms with van der Waals surface area (Å²) in [5.41, 5.74) is 5.90. The Hall–Kier alpha value is -1.00. The molecule has 1 aromatic rings.